The van der Waals surface area contributed by atoms with Crippen molar-refractivity contribution in [3.05, 3.63) is 47.5 Å². The molecule has 0 spiro atoms. The molecule has 0 unspecified atom stereocenters. The molecule has 0 atom stereocenters. The Hall–Kier alpha value is -2.30. The lowest BCUT2D eigenvalue weighted by Crippen LogP contribution is -2.23. The molecule has 1 amide bonds. The molecule has 0 heterocycles. The first-order valence-electron chi connectivity index (χ1n) is 8.03. The maximum atomic E-state index is 12.3. The largest absolute Gasteiger partial charge is 0.494 e. The van der Waals surface area contributed by atoms with Gasteiger partial charge in [0.2, 0.25) is 15.9 Å². The summed E-state index contributed by atoms with van der Waals surface area (Å²) < 4.78 is 55.5. The van der Waals surface area contributed by atoms with Crippen molar-refractivity contribution in [3.8, 4) is 5.75 Å². The molecular weight excluding hydrogens is 428 g/mol. The van der Waals surface area contributed by atoms with E-state index in [1.54, 1.807) is 0 Å². The van der Waals surface area contributed by atoms with Gasteiger partial charge in [0.15, 0.2) is 9.84 Å². The minimum atomic E-state index is -3.84. The molecule has 0 saturated carbocycles. The molecular formula is C17H19ClN2O6S2. The highest BCUT2D eigenvalue weighted by Gasteiger charge is 2.20. The molecule has 0 fully saturated rings. The quantitative estimate of drug-likeness (QED) is 0.643. The van der Waals surface area contributed by atoms with Crippen molar-refractivity contribution in [1.29, 1.82) is 0 Å². The molecule has 8 nitrogen and oxygen atoms in total. The number of nitrogens with one attached hydrogen (secondary N) is 2. The van der Waals surface area contributed by atoms with E-state index in [4.69, 9.17) is 16.3 Å². The van der Waals surface area contributed by atoms with Crippen molar-refractivity contribution in [2.75, 3.05) is 28.7 Å². The summed E-state index contributed by atoms with van der Waals surface area (Å²) in [5.41, 5.74) is 0.462. The van der Waals surface area contributed by atoms with E-state index in [0.29, 0.717) is 5.02 Å². The van der Waals surface area contributed by atoms with Crippen LogP contribution in [0, 0.1) is 0 Å². The van der Waals surface area contributed by atoms with Gasteiger partial charge in [0.05, 0.1) is 23.4 Å². The topological polar surface area (TPSA) is 119 Å². The van der Waals surface area contributed by atoms with Crippen molar-refractivity contribution < 1.29 is 26.4 Å². The minimum absolute atomic E-state index is 0.0195. The summed E-state index contributed by atoms with van der Waals surface area (Å²) in [5, 5.41) is 2.84. The SMILES string of the molecule is CCS(=O)(=O)Nc1ccc(NC(=O)CS(=O)(=O)c2ccc(Cl)cc2)cc1OC. The molecule has 2 aromatic rings. The Morgan fingerprint density at radius 3 is 2.29 bits per heavy atom. The van der Waals surface area contributed by atoms with Crippen LogP contribution in [0.5, 0.6) is 5.75 Å². The Morgan fingerprint density at radius 1 is 1.07 bits per heavy atom. The van der Waals surface area contributed by atoms with E-state index in [9.17, 15) is 21.6 Å². The number of hydrogen-bond acceptors (Lipinski definition) is 6. The number of anilines is 2. The zero-order valence-corrected chi connectivity index (χ0v) is 17.5. The van der Waals surface area contributed by atoms with E-state index >= 15 is 0 Å². The van der Waals surface area contributed by atoms with Crippen molar-refractivity contribution >= 4 is 48.7 Å². The molecule has 0 saturated heterocycles. The van der Waals surface area contributed by atoms with Crippen LogP contribution in [0.2, 0.25) is 5.02 Å². The van der Waals surface area contributed by atoms with Crippen LogP contribution in [0.1, 0.15) is 6.92 Å². The Bertz CT molecular complexity index is 1070. The summed E-state index contributed by atoms with van der Waals surface area (Å²) in [7, 11) is -6.00. The number of sulfonamides is 1. The van der Waals surface area contributed by atoms with Gasteiger partial charge in [-0.05, 0) is 43.3 Å². The monoisotopic (exact) mass is 446 g/mol. The summed E-state index contributed by atoms with van der Waals surface area (Å²) in [6, 6.07) is 9.73. The second kappa shape index (κ2) is 8.80. The molecule has 0 bridgehead atoms. The van der Waals surface area contributed by atoms with Gasteiger partial charge in [0, 0.05) is 16.8 Å². The zero-order chi connectivity index (χ0) is 20.9. The van der Waals surface area contributed by atoms with Crippen LogP contribution in [-0.4, -0.2) is 41.4 Å². The van der Waals surface area contributed by atoms with E-state index in [2.05, 4.69) is 10.0 Å². The molecule has 2 aromatic carbocycles. The lowest BCUT2D eigenvalue weighted by Gasteiger charge is -2.13. The molecule has 0 aliphatic rings. The molecule has 0 aromatic heterocycles. The molecule has 11 heteroatoms. The van der Waals surface area contributed by atoms with Gasteiger partial charge in [0.25, 0.3) is 0 Å². The van der Waals surface area contributed by atoms with Crippen LogP contribution in [0.15, 0.2) is 47.4 Å². The molecule has 28 heavy (non-hydrogen) atoms. The number of carbonyl (C=O) groups is 1. The maximum Gasteiger partial charge on any atom is 0.239 e. The average molecular weight is 447 g/mol. The molecule has 0 radical (unpaired) electrons. The number of sulfone groups is 1. The van der Waals surface area contributed by atoms with Crippen molar-refractivity contribution in [3.63, 3.8) is 0 Å². The lowest BCUT2D eigenvalue weighted by atomic mass is 10.2. The third-order valence-electron chi connectivity index (χ3n) is 3.62. The highest BCUT2D eigenvalue weighted by Crippen LogP contribution is 2.29. The normalized spacial score (nSPS) is 11.7. The minimum Gasteiger partial charge on any atom is -0.494 e. The fourth-order valence-electron chi connectivity index (χ4n) is 2.19. The van der Waals surface area contributed by atoms with Crippen LogP contribution in [0.3, 0.4) is 0 Å². The summed E-state index contributed by atoms with van der Waals surface area (Å²) in [6.45, 7) is 1.49. The van der Waals surface area contributed by atoms with Gasteiger partial charge in [-0.25, -0.2) is 16.8 Å². The summed E-state index contributed by atoms with van der Waals surface area (Å²) in [4.78, 5) is 12.1. The van der Waals surface area contributed by atoms with E-state index in [0.717, 1.165) is 0 Å². The predicted octanol–water partition coefficient (Wildman–Crippen LogP) is 2.52. The number of amides is 1. The number of carbonyl (C=O) groups excluding carboxylic acids is 1. The molecule has 2 rings (SSSR count). The van der Waals surface area contributed by atoms with Crippen LogP contribution in [0.25, 0.3) is 0 Å². The van der Waals surface area contributed by atoms with Crippen LogP contribution < -0.4 is 14.8 Å². The van der Waals surface area contributed by atoms with E-state index in [1.807, 2.05) is 0 Å². The Kier molecular flexibility index (Phi) is 6.91. The van der Waals surface area contributed by atoms with Gasteiger partial charge >= 0.3 is 0 Å². The summed E-state index contributed by atoms with van der Waals surface area (Å²) >= 11 is 5.74. The van der Waals surface area contributed by atoms with Gasteiger partial charge in [-0.1, -0.05) is 11.6 Å². The van der Waals surface area contributed by atoms with Crippen molar-refractivity contribution in [1.82, 2.24) is 0 Å². The van der Waals surface area contributed by atoms with E-state index in [-0.39, 0.29) is 27.8 Å². The van der Waals surface area contributed by atoms with Gasteiger partial charge < -0.3 is 10.1 Å². The van der Waals surface area contributed by atoms with Gasteiger partial charge in [-0.2, -0.15) is 0 Å². The van der Waals surface area contributed by atoms with E-state index < -0.39 is 31.5 Å². The second-order valence-corrected chi connectivity index (χ2v) is 10.1. The summed E-state index contributed by atoms with van der Waals surface area (Å²) in [5.74, 6) is -1.45. The standard InChI is InChI=1S/C17H19ClN2O6S2/c1-3-28(24,25)20-15-9-6-13(10-16(15)26-2)19-17(21)11-27(22,23)14-7-4-12(18)5-8-14/h4-10,20H,3,11H2,1-2H3,(H,19,21). The van der Waals surface area contributed by atoms with Gasteiger partial charge in [0.1, 0.15) is 11.5 Å². The van der Waals surface area contributed by atoms with Crippen LogP contribution in [0.4, 0.5) is 11.4 Å². The fourth-order valence-corrected chi connectivity index (χ4v) is 4.10. The number of halogens is 1. The van der Waals surface area contributed by atoms with Crippen molar-refractivity contribution in [2.24, 2.45) is 0 Å². The van der Waals surface area contributed by atoms with Gasteiger partial charge in [-0.3, -0.25) is 9.52 Å². The lowest BCUT2D eigenvalue weighted by molar-refractivity contribution is -0.113. The number of rotatable bonds is 8. The number of methoxy groups -OCH3 is 1. The average Bonchev–Trinajstić information content (AvgIpc) is 2.62. The summed E-state index contributed by atoms with van der Waals surface area (Å²) in [6.07, 6.45) is 0. The Labute approximate surface area is 168 Å². The van der Waals surface area contributed by atoms with E-state index in [1.165, 1.54) is 56.5 Å². The van der Waals surface area contributed by atoms with Crippen LogP contribution >= 0.6 is 11.6 Å². The smallest absolute Gasteiger partial charge is 0.239 e. The Balaban J connectivity index is 2.14. The number of benzene rings is 2. The first kappa shape index (κ1) is 22.0. The second-order valence-electron chi connectivity index (χ2n) is 5.68. The third-order valence-corrected chi connectivity index (χ3v) is 6.80. The first-order chi connectivity index (χ1) is 13.1. The Morgan fingerprint density at radius 2 is 1.71 bits per heavy atom. The molecule has 0 aliphatic carbocycles. The number of ether oxygens (including phenoxy) is 1. The predicted molar refractivity (Wildman–Crippen MR) is 108 cm³/mol. The third kappa shape index (κ3) is 5.85. The highest BCUT2D eigenvalue weighted by molar-refractivity contribution is 7.92. The van der Waals surface area contributed by atoms with Crippen LogP contribution in [-0.2, 0) is 24.7 Å². The molecule has 0 aliphatic heterocycles. The zero-order valence-electron chi connectivity index (χ0n) is 15.1. The first-order valence-corrected chi connectivity index (χ1v) is 11.7. The molecule has 152 valence electrons. The molecule has 2 N–H and O–H groups in total. The maximum absolute atomic E-state index is 12.3. The van der Waals surface area contributed by atoms with Gasteiger partial charge in [-0.15, -0.1) is 0 Å². The fraction of sp³-hybridized carbons (Fsp3) is 0.235. The number of hydrogen-bond donors (Lipinski definition) is 2. The highest BCUT2D eigenvalue weighted by atomic mass is 35.5. The van der Waals surface area contributed by atoms with Crippen molar-refractivity contribution in [2.45, 2.75) is 11.8 Å².